The van der Waals surface area contributed by atoms with Crippen LogP contribution < -0.4 is 20.7 Å². The molecule has 0 aliphatic rings. The Bertz CT molecular complexity index is 1150. The number of benzene rings is 2. The predicted molar refractivity (Wildman–Crippen MR) is 134 cm³/mol. The van der Waals surface area contributed by atoms with Crippen LogP contribution in [0.5, 0.6) is 5.75 Å². The third kappa shape index (κ3) is 5.72. The molecular formula is C26H32N4O4. The summed E-state index contributed by atoms with van der Waals surface area (Å²) in [5.41, 5.74) is 6.98. The van der Waals surface area contributed by atoms with E-state index in [1.807, 2.05) is 44.3 Å². The van der Waals surface area contributed by atoms with E-state index in [1.165, 1.54) is 7.11 Å². The lowest BCUT2D eigenvalue weighted by Gasteiger charge is -2.16. The zero-order chi connectivity index (χ0) is 24.7. The number of nitrogens with one attached hydrogen (secondary N) is 3. The normalized spacial score (nSPS) is 11.7. The number of rotatable bonds is 10. The molecule has 0 spiro atoms. The highest BCUT2D eigenvalue weighted by Crippen LogP contribution is 2.33. The van der Waals surface area contributed by atoms with E-state index < -0.39 is 6.10 Å². The summed E-state index contributed by atoms with van der Waals surface area (Å²) in [7, 11) is 3.43. The summed E-state index contributed by atoms with van der Waals surface area (Å²) in [5.74, 6) is 0.172. The van der Waals surface area contributed by atoms with Crippen molar-refractivity contribution in [3.05, 3.63) is 71.0 Å². The fraction of sp³-hybridized carbons (Fsp3) is 0.308. The Hall–Kier alpha value is -3.46. The first-order valence-electron chi connectivity index (χ1n) is 11.1. The van der Waals surface area contributed by atoms with Crippen LogP contribution in [0.25, 0.3) is 11.1 Å². The fourth-order valence-corrected chi connectivity index (χ4v) is 3.80. The van der Waals surface area contributed by atoms with Crippen molar-refractivity contribution in [3.8, 4) is 16.9 Å². The molecule has 2 aromatic carbocycles. The average molecular weight is 465 g/mol. The maximum absolute atomic E-state index is 13.0. The van der Waals surface area contributed by atoms with Gasteiger partial charge < -0.3 is 30.9 Å². The van der Waals surface area contributed by atoms with E-state index in [-0.39, 0.29) is 24.8 Å². The third-order valence-corrected chi connectivity index (χ3v) is 5.78. The lowest BCUT2D eigenvalue weighted by atomic mass is 9.94. The van der Waals surface area contributed by atoms with E-state index in [2.05, 4.69) is 33.9 Å². The zero-order valence-corrected chi connectivity index (χ0v) is 20.0. The van der Waals surface area contributed by atoms with Gasteiger partial charge in [0.05, 0.1) is 19.8 Å². The van der Waals surface area contributed by atoms with Crippen LogP contribution in [0.15, 0.2) is 48.7 Å². The molecule has 180 valence electrons. The number of aromatic nitrogens is 1. The van der Waals surface area contributed by atoms with Gasteiger partial charge >= 0.3 is 0 Å². The Balaban J connectivity index is 1.80. The Morgan fingerprint density at radius 1 is 1.09 bits per heavy atom. The number of methoxy groups -OCH3 is 1. The number of carbonyl (C=O) groups is 1. The number of carbonyl (C=O) groups excluding carboxylic acids is 1. The second kappa shape index (κ2) is 11.6. The lowest BCUT2D eigenvalue weighted by molar-refractivity contribution is 0.0941. The van der Waals surface area contributed by atoms with E-state index in [0.717, 1.165) is 33.5 Å². The minimum Gasteiger partial charge on any atom is -0.496 e. The van der Waals surface area contributed by atoms with Crippen LogP contribution in [0.2, 0.25) is 0 Å². The Morgan fingerprint density at radius 3 is 2.35 bits per heavy atom. The number of aliphatic hydroxyl groups is 2. The molecule has 3 aromatic rings. The Labute approximate surface area is 200 Å². The molecule has 3 rings (SSSR count). The van der Waals surface area contributed by atoms with Gasteiger partial charge in [0.25, 0.3) is 5.91 Å². The number of hydrogen-bond acceptors (Lipinski definition) is 7. The van der Waals surface area contributed by atoms with Crippen molar-refractivity contribution in [1.82, 2.24) is 10.3 Å². The molecule has 0 aliphatic heterocycles. The standard InChI is InChI=1S/C26H32N4O4/c1-16-20(7-5-9-22(16)27-3)21-8-6-10-23(17(21)2)30-26(33)24-11-25(34-4)18(13-29-24)12-28-14-19(32)15-31/h5-11,13,19,27-28,31-32H,12,14-15H2,1-4H3,(H,30,33)/t19-/m0/s1. The highest BCUT2D eigenvalue weighted by molar-refractivity contribution is 6.04. The molecule has 8 heteroatoms. The highest BCUT2D eigenvalue weighted by atomic mass is 16.5. The van der Waals surface area contributed by atoms with E-state index in [0.29, 0.717) is 18.0 Å². The molecule has 1 heterocycles. The molecule has 0 unspecified atom stereocenters. The van der Waals surface area contributed by atoms with Gasteiger partial charge in [0, 0.05) is 49.3 Å². The van der Waals surface area contributed by atoms with Crippen LogP contribution in [0.3, 0.4) is 0 Å². The second-order valence-corrected chi connectivity index (χ2v) is 8.01. The van der Waals surface area contributed by atoms with Crippen LogP contribution in [0.1, 0.15) is 27.2 Å². The van der Waals surface area contributed by atoms with Crippen LogP contribution >= 0.6 is 0 Å². The molecule has 0 radical (unpaired) electrons. The van der Waals surface area contributed by atoms with Crippen LogP contribution in [-0.4, -0.2) is 54.5 Å². The molecule has 34 heavy (non-hydrogen) atoms. The summed E-state index contributed by atoms with van der Waals surface area (Å²) >= 11 is 0. The summed E-state index contributed by atoms with van der Waals surface area (Å²) in [6.07, 6.45) is 0.731. The first kappa shape index (κ1) is 25.2. The monoisotopic (exact) mass is 464 g/mol. The minimum atomic E-state index is -0.840. The molecule has 8 nitrogen and oxygen atoms in total. The second-order valence-electron chi connectivity index (χ2n) is 8.01. The van der Waals surface area contributed by atoms with Gasteiger partial charge in [0.2, 0.25) is 0 Å². The van der Waals surface area contributed by atoms with E-state index in [4.69, 9.17) is 9.84 Å². The van der Waals surface area contributed by atoms with Gasteiger partial charge in [-0.25, -0.2) is 0 Å². The number of ether oxygens (including phenoxy) is 1. The Morgan fingerprint density at radius 2 is 1.74 bits per heavy atom. The number of amides is 1. The third-order valence-electron chi connectivity index (χ3n) is 5.78. The maximum atomic E-state index is 13.0. The first-order chi connectivity index (χ1) is 16.4. The Kier molecular flexibility index (Phi) is 8.59. The largest absolute Gasteiger partial charge is 0.496 e. The van der Waals surface area contributed by atoms with Crippen LogP contribution in [-0.2, 0) is 6.54 Å². The van der Waals surface area contributed by atoms with Gasteiger partial charge in [-0.1, -0.05) is 24.3 Å². The topological polar surface area (TPSA) is 116 Å². The molecule has 1 aromatic heterocycles. The van der Waals surface area contributed by atoms with Gasteiger partial charge in [-0.3, -0.25) is 9.78 Å². The average Bonchev–Trinajstić information content (AvgIpc) is 2.85. The molecule has 0 fully saturated rings. The van der Waals surface area contributed by atoms with Crippen molar-refractivity contribution in [3.63, 3.8) is 0 Å². The highest BCUT2D eigenvalue weighted by Gasteiger charge is 2.16. The van der Waals surface area contributed by atoms with E-state index >= 15 is 0 Å². The van der Waals surface area contributed by atoms with Crippen molar-refractivity contribution >= 4 is 17.3 Å². The van der Waals surface area contributed by atoms with Gasteiger partial charge in [0.1, 0.15) is 11.4 Å². The smallest absolute Gasteiger partial charge is 0.274 e. The van der Waals surface area contributed by atoms with Gasteiger partial charge in [-0.15, -0.1) is 0 Å². The molecule has 1 amide bonds. The number of pyridine rings is 1. The van der Waals surface area contributed by atoms with Crippen molar-refractivity contribution < 1.29 is 19.7 Å². The maximum Gasteiger partial charge on any atom is 0.274 e. The fourth-order valence-electron chi connectivity index (χ4n) is 3.80. The number of nitrogens with zero attached hydrogens (tertiary/aromatic N) is 1. The molecule has 0 aliphatic carbocycles. The molecular weight excluding hydrogens is 432 g/mol. The van der Waals surface area contributed by atoms with Crippen molar-refractivity contribution in [2.24, 2.45) is 0 Å². The number of anilines is 2. The zero-order valence-electron chi connectivity index (χ0n) is 20.0. The summed E-state index contributed by atoms with van der Waals surface area (Å²) in [6, 6.07) is 13.5. The molecule has 5 N–H and O–H groups in total. The molecule has 0 saturated heterocycles. The summed E-state index contributed by atoms with van der Waals surface area (Å²) in [4.78, 5) is 17.3. The van der Waals surface area contributed by atoms with Crippen molar-refractivity contribution in [2.45, 2.75) is 26.5 Å². The molecule has 1 atom stereocenters. The summed E-state index contributed by atoms with van der Waals surface area (Å²) in [6.45, 7) is 4.35. The van der Waals surface area contributed by atoms with Crippen molar-refractivity contribution in [1.29, 1.82) is 0 Å². The summed E-state index contributed by atoms with van der Waals surface area (Å²) in [5, 5.41) is 27.6. The van der Waals surface area contributed by atoms with Crippen LogP contribution in [0.4, 0.5) is 11.4 Å². The summed E-state index contributed by atoms with van der Waals surface area (Å²) < 4.78 is 5.43. The van der Waals surface area contributed by atoms with Gasteiger partial charge in [-0.05, 0) is 48.2 Å². The first-order valence-corrected chi connectivity index (χ1v) is 11.1. The predicted octanol–water partition coefficient (Wildman–Crippen LogP) is 3.11. The SMILES string of the molecule is CNc1cccc(-c2cccc(NC(=O)c3cc(OC)c(CNC[C@H](O)CO)cn3)c2C)c1C. The lowest BCUT2D eigenvalue weighted by Crippen LogP contribution is -2.29. The van der Waals surface area contributed by atoms with E-state index in [1.54, 1.807) is 12.3 Å². The van der Waals surface area contributed by atoms with Gasteiger partial charge in [0.15, 0.2) is 0 Å². The van der Waals surface area contributed by atoms with Crippen LogP contribution in [0, 0.1) is 13.8 Å². The van der Waals surface area contributed by atoms with Gasteiger partial charge in [-0.2, -0.15) is 0 Å². The quantitative estimate of drug-likeness (QED) is 0.313. The molecule has 0 saturated carbocycles. The minimum absolute atomic E-state index is 0.230. The number of hydrogen-bond donors (Lipinski definition) is 5. The molecule has 0 bridgehead atoms. The van der Waals surface area contributed by atoms with Crippen molar-refractivity contribution in [2.75, 3.05) is 37.9 Å². The van der Waals surface area contributed by atoms with E-state index in [9.17, 15) is 9.90 Å². The number of aliphatic hydroxyl groups excluding tert-OH is 2.